The Bertz CT molecular complexity index is 605. The van der Waals surface area contributed by atoms with E-state index in [1.807, 2.05) is 30.3 Å². The van der Waals surface area contributed by atoms with Gasteiger partial charge in [-0.25, -0.2) is 9.78 Å². The zero-order valence-electron chi connectivity index (χ0n) is 12.3. The van der Waals surface area contributed by atoms with Gasteiger partial charge in [0.2, 0.25) is 5.88 Å². The number of hydrogen-bond acceptors (Lipinski definition) is 4. The maximum atomic E-state index is 11.7. The van der Waals surface area contributed by atoms with Gasteiger partial charge in [-0.1, -0.05) is 30.3 Å². The molecule has 0 spiro atoms. The number of methoxy groups -OCH3 is 1. The van der Waals surface area contributed by atoms with Crippen LogP contribution >= 0.6 is 0 Å². The lowest BCUT2D eigenvalue weighted by Crippen LogP contribution is -2.37. The summed E-state index contributed by atoms with van der Waals surface area (Å²) < 4.78 is 5.02. The summed E-state index contributed by atoms with van der Waals surface area (Å²) in [4.78, 5) is 15.7. The molecule has 0 aliphatic heterocycles. The van der Waals surface area contributed by atoms with E-state index in [1.165, 1.54) is 7.11 Å². The maximum absolute atomic E-state index is 11.7. The van der Waals surface area contributed by atoms with Crippen molar-refractivity contribution in [2.45, 2.75) is 12.6 Å². The third kappa shape index (κ3) is 4.75. The molecule has 1 atom stereocenters. The lowest BCUT2D eigenvalue weighted by molar-refractivity contribution is 0.173. The first kappa shape index (κ1) is 15.8. The third-order valence-electron chi connectivity index (χ3n) is 3.10. The van der Waals surface area contributed by atoms with E-state index in [2.05, 4.69) is 15.6 Å². The molecule has 0 bridgehead atoms. The summed E-state index contributed by atoms with van der Waals surface area (Å²) >= 11 is 0. The van der Waals surface area contributed by atoms with Crippen LogP contribution in [0.2, 0.25) is 0 Å². The predicted molar refractivity (Wildman–Crippen MR) is 82.4 cm³/mol. The number of rotatable bonds is 6. The fourth-order valence-electron chi connectivity index (χ4n) is 1.90. The van der Waals surface area contributed by atoms with Gasteiger partial charge in [0.25, 0.3) is 0 Å². The minimum absolute atomic E-state index is 0.148. The Morgan fingerprint density at radius 3 is 2.77 bits per heavy atom. The number of amides is 2. The molecule has 1 aromatic carbocycles. The van der Waals surface area contributed by atoms with E-state index in [4.69, 9.17) is 4.74 Å². The highest BCUT2D eigenvalue weighted by Crippen LogP contribution is 2.10. The lowest BCUT2D eigenvalue weighted by atomic mass is 10.1. The number of benzene rings is 1. The van der Waals surface area contributed by atoms with Crippen LogP contribution in [0.4, 0.5) is 4.79 Å². The van der Waals surface area contributed by atoms with Crippen molar-refractivity contribution >= 4 is 6.03 Å². The molecule has 0 radical (unpaired) electrons. The van der Waals surface area contributed by atoms with Crippen molar-refractivity contribution in [2.24, 2.45) is 0 Å². The van der Waals surface area contributed by atoms with Gasteiger partial charge in [-0.05, 0) is 17.2 Å². The molecule has 1 heterocycles. The summed E-state index contributed by atoms with van der Waals surface area (Å²) in [5, 5.41) is 15.3. The average molecular weight is 301 g/mol. The van der Waals surface area contributed by atoms with E-state index in [0.29, 0.717) is 12.4 Å². The summed E-state index contributed by atoms with van der Waals surface area (Å²) in [7, 11) is 1.54. The fraction of sp³-hybridized carbons (Fsp3) is 0.250. The molecule has 0 aliphatic carbocycles. The lowest BCUT2D eigenvalue weighted by Gasteiger charge is -2.13. The van der Waals surface area contributed by atoms with Crippen LogP contribution in [-0.4, -0.2) is 29.8 Å². The summed E-state index contributed by atoms with van der Waals surface area (Å²) in [6.45, 7) is 0.502. The van der Waals surface area contributed by atoms with Gasteiger partial charge in [-0.15, -0.1) is 0 Å². The SMILES string of the molecule is COc1cc(CNC(=O)NC[C@@H](O)c2ccccc2)ccn1. The van der Waals surface area contributed by atoms with Crippen molar-refractivity contribution in [2.75, 3.05) is 13.7 Å². The zero-order chi connectivity index (χ0) is 15.8. The molecule has 2 rings (SSSR count). The van der Waals surface area contributed by atoms with Crippen molar-refractivity contribution in [3.63, 3.8) is 0 Å². The van der Waals surface area contributed by atoms with Crippen LogP contribution in [0.15, 0.2) is 48.7 Å². The molecule has 2 amide bonds. The second kappa shape index (κ2) is 7.99. The predicted octanol–water partition coefficient (Wildman–Crippen LogP) is 1.62. The monoisotopic (exact) mass is 301 g/mol. The standard InChI is InChI=1S/C16H19N3O3/c1-22-15-9-12(7-8-17-15)10-18-16(21)19-11-14(20)13-5-3-2-4-6-13/h2-9,14,20H,10-11H2,1H3,(H2,18,19,21)/t14-/m1/s1. The van der Waals surface area contributed by atoms with Gasteiger partial charge < -0.3 is 20.5 Å². The highest BCUT2D eigenvalue weighted by Gasteiger charge is 2.08. The van der Waals surface area contributed by atoms with Gasteiger partial charge in [0, 0.05) is 25.4 Å². The number of aliphatic hydroxyl groups is 1. The van der Waals surface area contributed by atoms with E-state index >= 15 is 0 Å². The molecule has 2 aromatic rings. The van der Waals surface area contributed by atoms with Gasteiger partial charge in [0.1, 0.15) is 0 Å². The molecule has 6 heteroatoms. The van der Waals surface area contributed by atoms with Crippen molar-refractivity contribution in [3.8, 4) is 5.88 Å². The van der Waals surface area contributed by atoms with Gasteiger partial charge >= 0.3 is 6.03 Å². The van der Waals surface area contributed by atoms with E-state index in [0.717, 1.165) is 11.1 Å². The minimum Gasteiger partial charge on any atom is -0.481 e. The molecule has 116 valence electrons. The highest BCUT2D eigenvalue weighted by atomic mass is 16.5. The van der Waals surface area contributed by atoms with Crippen molar-refractivity contribution in [1.82, 2.24) is 15.6 Å². The smallest absolute Gasteiger partial charge is 0.315 e. The Labute approximate surface area is 129 Å². The number of ether oxygens (including phenoxy) is 1. The number of carbonyl (C=O) groups excluding carboxylic acids is 1. The molecule has 0 saturated heterocycles. The van der Waals surface area contributed by atoms with Crippen LogP contribution < -0.4 is 15.4 Å². The molecule has 0 fully saturated rings. The highest BCUT2D eigenvalue weighted by molar-refractivity contribution is 5.73. The molecule has 0 saturated carbocycles. The topological polar surface area (TPSA) is 83.5 Å². The first-order valence-electron chi connectivity index (χ1n) is 6.92. The zero-order valence-corrected chi connectivity index (χ0v) is 12.3. The number of pyridine rings is 1. The van der Waals surface area contributed by atoms with Crippen LogP contribution in [0.3, 0.4) is 0 Å². The Balaban J connectivity index is 1.76. The largest absolute Gasteiger partial charge is 0.481 e. The number of urea groups is 1. The molecule has 0 aliphatic rings. The molecular weight excluding hydrogens is 282 g/mol. The Morgan fingerprint density at radius 1 is 1.27 bits per heavy atom. The normalized spacial score (nSPS) is 11.5. The first-order valence-corrected chi connectivity index (χ1v) is 6.92. The van der Waals surface area contributed by atoms with Crippen LogP contribution in [-0.2, 0) is 6.54 Å². The number of aliphatic hydroxyl groups excluding tert-OH is 1. The van der Waals surface area contributed by atoms with Gasteiger partial charge in [0.05, 0.1) is 13.2 Å². The Hall–Kier alpha value is -2.60. The number of nitrogens with zero attached hydrogens (tertiary/aromatic N) is 1. The summed E-state index contributed by atoms with van der Waals surface area (Å²) in [5.74, 6) is 0.499. The summed E-state index contributed by atoms with van der Waals surface area (Å²) in [5.41, 5.74) is 1.65. The second-order valence-corrected chi connectivity index (χ2v) is 4.70. The van der Waals surface area contributed by atoms with E-state index in [9.17, 15) is 9.90 Å². The minimum atomic E-state index is -0.729. The Kier molecular flexibility index (Phi) is 5.73. The molecule has 3 N–H and O–H groups in total. The third-order valence-corrected chi connectivity index (χ3v) is 3.10. The van der Waals surface area contributed by atoms with E-state index in [1.54, 1.807) is 18.3 Å². The average Bonchev–Trinajstić information content (AvgIpc) is 2.58. The van der Waals surface area contributed by atoms with Crippen molar-refractivity contribution < 1.29 is 14.6 Å². The van der Waals surface area contributed by atoms with E-state index in [-0.39, 0.29) is 12.6 Å². The summed E-state index contributed by atoms with van der Waals surface area (Å²) in [6, 6.07) is 12.4. The number of hydrogen-bond donors (Lipinski definition) is 3. The van der Waals surface area contributed by atoms with Crippen LogP contribution in [0, 0.1) is 0 Å². The fourth-order valence-corrected chi connectivity index (χ4v) is 1.90. The Morgan fingerprint density at radius 2 is 2.05 bits per heavy atom. The molecular formula is C16H19N3O3. The molecule has 22 heavy (non-hydrogen) atoms. The van der Waals surface area contributed by atoms with Crippen molar-refractivity contribution in [3.05, 3.63) is 59.8 Å². The molecule has 1 aromatic heterocycles. The maximum Gasteiger partial charge on any atom is 0.315 e. The van der Waals surface area contributed by atoms with Crippen LogP contribution in [0.25, 0.3) is 0 Å². The number of nitrogens with one attached hydrogen (secondary N) is 2. The number of aromatic nitrogens is 1. The van der Waals surface area contributed by atoms with Crippen LogP contribution in [0.5, 0.6) is 5.88 Å². The van der Waals surface area contributed by atoms with Gasteiger partial charge in [-0.2, -0.15) is 0 Å². The quantitative estimate of drug-likeness (QED) is 0.757. The molecule has 6 nitrogen and oxygen atoms in total. The van der Waals surface area contributed by atoms with Crippen LogP contribution in [0.1, 0.15) is 17.2 Å². The van der Waals surface area contributed by atoms with Crippen molar-refractivity contribution in [1.29, 1.82) is 0 Å². The van der Waals surface area contributed by atoms with E-state index < -0.39 is 6.10 Å². The second-order valence-electron chi connectivity index (χ2n) is 4.70. The number of carbonyl (C=O) groups is 1. The van der Waals surface area contributed by atoms with Gasteiger partial charge in [0.15, 0.2) is 0 Å². The summed E-state index contributed by atoms with van der Waals surface area (Å²) in [6.07, 6.45) is 0.889. The first-order chi connectivity index (χ1) is 10.7. The molecule has 0 unspecified atom stereocenters. The van der Waals surface area contributed by atoms with Gasteiger partial charge in [-0.3, -0.25) is 0 Å².